The maximum Gasteiger partial charge on any atom is 0.410 e. The second kappa shape index (κ2) is 13.0. The van der Waals surface area contributed by atoms with E-state index in [-0.39, 0.29) is 18.3 Å². The number of carbonyl (C=O) groups is 2. The third kappa shape index (κ3) is 8.09. The van der Waals surface area contributed by atoms with Crippen molar-refractivity contribution >= 4 is 28.9 Å². The number of aromatic carboxylic acids is 1. The number of hydrogen-bond acceptors (Lipinski definition) is 5. The minimum atomic E-state index is -0.969. The van der Waals surface area contributed by atoms with Crippen LogP contribution in [0.4, 0.5) is 4.79 Å². The zero-order valence-corrected chi connectivity index (χ0v) is 23.9. The van der Waals surface area contributed by atoms with Crippen molar-refractivity contribution in [3.8, 4) is 5.75 Å². The molecule has 0 saturated carbocycles. The summed E-state index contributed by atoms with van der Waals surface area (Å²) in [5.41, 5.74) is 1.32. The Bertz CT molecular complexity index is 1340. The minimum absolute atomic E-state index is 0.224. The zero-order valence-electron chi connectivity index (χ0n) is 23.9. The molecule has 212 valence electrons. The highest BCUT2D eigenvalue weighted by Gasteiger charge is 2.26. The van der Waals surface area contributed by atoms with Crippen LogP contribution in [0.3, 0.4) is 0 Å². The first kappa shape index (κ1) is 29.2. The van der Waals surface area contributed by atoms with Crippen LogP contribution in [0.25, 0.3) is 16.8 Å². The number of rotatable bonds is 10. The summed E-state index contributed by atoms with van der Waals surface area (Å²) in [5.74, 6) is -0.204. The first-order chi connectivity index (χ1) is 19.1. The van der Waals surface area contributed by atoms with Gasteiger partial charge in [0.25, 0.3) is 0 Å². The second-order valence-electron chi connectivity index (χ2n) is 11.5. The second-order valence-corrected chi connectivity index (χ2v) is 11.5. The lowest BCUT2D eigenvalue weighted by Crippen LogP contribution is -2.41. The molecule has 1 aliphatic rings. The van der Waals surface area contributed by atoms with E-state index in [1.807, 2.05) is 69.3 Å². The van der Waals surface area contributed by atoms with E-state index in [0.717, 1.165) is 47.0 Å². The lowest BCUT2D eigenvalue weighted by molar-refractivity contribution is 0.0252. The van der Waals surface area contributed by atoms with Crippen LogP contribution >= 0.6 is 0 Å². The van der Waals surface area contributed by atoms with E-state index in [0.29, 0.717) is 19.1 Å². The van der Waals surface area contributed by atoms with Crippen molar-refractivity contribution in [3.63, 3.8) is 0 Å². The van der Waals surface area contributed by atoms with Crippen molar-refractivity contribution in [2.45, 2.75) is 51.7 Å². The van der Waals surface area contributed by atoms with Crippen LogP contribution in [0.2, 0.25) is 0 Å². The Labute approximate surface area is 237 Å². The van der Waals surface area contributed by atoms with Crippen molar-refractivity contribution in [3.05, 3.63) is 83.4 Å². The molecule has 4 rings (SSSR count). The largest absolute Gasteiger partial charge is 0.489 e. The molecule has 0 bridgehead atoms. The molecule has 1 aliphatic heterocycles. The Morgan fingerprint density at radius 3 is 2.45 bits per heavy atom. The average molecular weight is 545 g/mol. The molecular weight excluding hydrogens is 504 g/mol. The number of amides is 1. The molecule has 0 spiro atoms. The normalized spacial score (nSPS) is 16.2. The molecule has 40 heavy (non-hydrogen) atoms. The van der Waals surface area contributed by atoms with Crippen molar-refractivity contribution in [2.24, 2.45) is 0 Å². The lowest BCUT2D eigenvalue weighted by atomic mass is 10.1. The standard InChI is InChI=1S/C33H40N2O5/c1-33(2,3)40-32(38)35(20-18-28-11-8-19-34(28)4)22-25(21-24-14-16-27(17-15-24)31(36)37)23-39-30-13-7-10-26-9-5-6-12-29(26)30/h5-7,9-10,12-17,21,28H,8,11,18-20,22-23H2,1-4H3,(H,36,37). The molecule has 1 fully saturated rings. The Hall–Kier alpha value is -3.84. The molecule has 1 unspecified atom stereocenters. The van der Waals surface area contributed by atoms with Gasteiger partial charge in [-0.3, -0.25) is 0 Å². The van der Waals surface area contributed by atoms with E-state index in [9.17, 15) is 14.7 Å². The Kier molecular flexibility index (Phi) is 9.48. The van der Waals surface area contributed by atoms with E-state index in [4.69, 9.17) is 9.47 Å². The quantitative estimate of drug-likeness (QED) is 0.305. The molecule has 0 aliphatic carbocycles. The average Bonchev–Trinajstić information content (AvgIpc) is 3.33. The smallest absolute Gasteiger partial charge is 0.410 e. The van der Waals surface area contributed by atoms with Gasteiger partial charge in [0.05, 0.1) is 5.56 Å². The molecule has 1 atom stereocenters. The Morgan fingerprint density at radius 2 is 1.77 bits per heavy atom. The SMILES string of the molecule is CN1CCCC1CCN(CC(=Cc1ccc(C(=O)O)cc1)COc1cccc2ccccc12)C(=O)OC(C)(C)C. The number of fused-ring (bicyclic) bond motifs is 1. The molecule has 7 nitrogen and oxygen atoms in total. The summed E-state index contributed by atoms with van der Waals surface area (Å²) < 4.78 is 12.1. The molecule has 1 heterocycles. The lowest BCUT2D eigenvalue weighted by Gasteiger charge is -2.30. The van der Waals surface area contributed by atoms with Crippen molar-refractivity contribution in [1.29, 1.82) is 0 Å². The van der Waals surface area contributed by atoms with E-state index < -0.39 is 11.6 Å². The number of nitrogens with zero attached hydrogens (tertiary/aromatic N) is 2. The topological polar surface area (TPSA) is 79.3 Å². The van der Waals surface area contributed by atoms with E-state index in [1.54, 1.807) is 29.2 Å². The van der Waals surface area contributed by atoms with Crippen molar-refractivity contribution < 1.29 is 24.2 Å². The predicted octanol–water partition coefficient (Wildman–Crippen LogP) is 6.72. The molecule has 3 aromatic carbocycles. The number of carboxylic acids is 1. The number of likely N-dealkylation sites (tertiary alicyclic amines) is 1. The van der Waals surface area contributed by atoms with E-state index in [2.05, 4.69) is 11.9 Å². The Morgan fingerprint density at radius 1 is 1.05 bits per heavy atom. The number of ether oxygens (including phenoxy) is 2. The van der Waals surface area contributed by atoms with Gasteiger partial charge in [-0.2, -0.15) is 0 Å². The van der Waals surface area contributed by atoms with Crippen molar-refractivity contribution in [1.82, 2.24) is 9.80 Å². The van der Waals surface area contributed by atoms with Crippen LogP contribution in [0, 0.1) is 0 Å². The molecule has 7 heteroatoms. The van der Waals surface area contributed by atoms with Gasteiger partial charge in [0.1, 0.15) is 18.0 Å². The van der Waals surface area contributed by atoms with Gasteiger partial charge in [0.2, 0.25) is 0 Å². The van der Waals surface area contributed by atoms with Crippen molar-refractivity contribution in [2.75, 3.05) is 33.3 Å². The molecule has 0 radical (unpaired) electrons. The fourth-order valence-corrected chi connectivity index (χ4v) is 5.04. The van der Waals surface area contributed by atoms with Gasteiger partial charge in [-0.15, -0.1) is 0 Å². The van der Waals surface area contributed by atoms with Crippen LogP contribution in [0.15, 0.2) is 72.3 Å². The maximum absolute atomic E-state index is 13.4. The number of carboxylic acid groups (broad SMARTS) is 1. The summed E-state index contributed by atoms with van der Waals surface area (Å²) in [6.07, 6.45) is 4.77. The van der Waals surface area contributed by atoms with E-state index in [1.165, 1.54) is 6.42 Å². The summed E-state index contributed by atoms with van der Waals surface area (Å²) in [6, 6.07) is 21.2. The first-order valence-electron chi connectivity index (χ1n) is 13.9. The molecule has 3 aromatic rings. The van der Waals surface area contributed by atoms with Gasteiger partial charge < -0.3 is 24.4 Å². The summed E-state index contributed by atoms with van der Waals surface area (Å²) >= 11 is 0. The van der Waals surface area contributed by atoms with Gasteiger partial charge in [0, 0.05) is 24.5 Å². The van der Waals surface area contributed by atoms with Crippen LogP contribution < -0.4 is 4.74 Å². The number of carbonyl (C=O) groups excluding carboxylic acids is 1. The highest BCUT2D eigenvalue weighted by atomic mass is 16.6. The van der Waals surface area contributed by atoms with Gasteiger partial charge in [-0.1, -0.05) is 54.6 Å². The predicted molar refractivity (Wildman–Crippen MR) is 159 cm³/mol. The fourth-order valence-electron chi connectivity index (χ4n) is 5.04. The molecule has 1 amide bonds. The molecule has 1 N–H and O–H groups in total. The van der Waals surface area contributed by atoms with Crippen LogP contribution in [0.5, 0.6) is 5.75 Å². The monoisotopic (exact) mass is 544 g/mol. The molecule has 1 saturated heterocycles. The third-order valence-electron chi connectivity index (χ3n) is 7.14. The Balaban J connectivity index is 1.60. The van der Waals surface area contributed by atoms with Gasteiger partial charge >= 0.3 is 12.1 Å². The van der Waals surface area contributed by atoms with E-state index >= 15 is 0 Å². The molecule has 0 aromatic heterocycles. The molecular formula is C33H40N2O5. The summed E-state index contributed by atoms with van der Waals surface area (Å²) in [5, 5.41) is 11.4. The maximum atomic E-state index is 13.4. The summed E-state index contributed by atoms with van der Waals surface area (Å²) in [4.78, 5) is 28.8. The number of benzene rings is 3. The summed E-state index contributed by atoms with van der Waals surface area (Å²) in [7, 11) is 2.14. The van der Waals surface area contributed by atoms with Gasteiger partial charge in [0.15, 0.2) is 0 Å². The zero-order chi connectivity index (χ0) is 28.7. The fraction of sp³-hybridized carbons (Fsp3) is 0.394. The first-order valence-corrected chi connectivity index (χ1v) is 13.9. The highest BCUT2D eigenvalue weighted by Crippen LogP contribution is 2.26. The summed E-state index contributed by atoms with van der Waals surface area (Å²) in [6.45, 7) is 7.85. The van der Waals surface area contributed by atoms with Crippen LogP contribution in [-0.2, 0) is 4.74 Å². The van der Waals surface area contributed by atoms with Crippen LogP contribution in [0.1, 0.15) is 56.0 Å². The highest BCUT2D eigenvalue weighted by molar-refractivity contribution is 5.88. The number of hydrogen-bond donors (Lipinski definition) is 1. The minimum Gasteiger partial charge on any atom is -0.489 e. The van der Waals surface area contributed by atoms with Crippen LogP contribution in [-0.4, -0.2) is 71.9 Å². The third-order valence-corrected chi connectivity index (χ3v) is 7.14. The van der Waals surface area contributed by atoms with Gasteiger partial charge in [-0.05, 0) is 88.3 Å². The van der Waals surface area contributed by atoms with Gasteiger partial charge in [-0.25, -0.2) is 9.59 Å².